The van der Waals surface area contributed by atoms with Crippen LogP contribution in [0.3, 0.4) is 0 Å². The molecule has 2 aromatic heterocycles. The van der Waals surface area contributed by atoms with Crippen molar-refractivity contribution in [2.45, 2.75) is 51.6 Å². The molecule has 2 heterocycles. The number of carbonyl (C=O) groups excluding carboxylic acids is 1. The van der Waals surface area contributed by atoms with Crippen LogP contribution < -0.4 is 10.2 Å². The lowest BCUT2D eigenvalue weighted by atomic mass is 10.2. The Kier molecular flexibility index (Phi) is 8.27. The third-order valence-electron chi connectivity index (χ3n) is 5.79. The number of imidazole rings is 1. The van der Waals surface area contributed by atoms with E-state index < -0.39 is 10.0 Å². The number of anilines is 1. The topological polar surface area (TPSA) is 100 Å². The van der Waals surface area contributed by atoms with Crippen molar-refractivity contribution in [3.05, 3.63) is 47.9 Å². The van der Waals surface area contributed by atoms with Crippen molar-refractivity contribution < 1.29 is 13.2 Å². The molecule has 3 aromatic rings. The maximum Gasteiger partial charge on any atom is 0.243 e. The molecular weight excluding hydrogens is 452 g/mol. The van der Waals surface area contributed by atoms with E-state index in [0.29, 0.717) is 38.1 Å². The number of hydrogen-bond donors (Lipinski definition) is 1. The minimum absolute atomic E-state index is 0.0730. The second-order valence-corrected chi connectivity index (χ2v) is 10.1. The standard InChI is InChI=1S/C24H34N6O3S/c1-6-29(7-2)34(32,33)19-10-11-21-20(15-19)27-23(30(21)8-3)13-14-24(31)26-17-18-9-12-22(25-16-18)28(4)5/h9-12,15-16H,6-8,13-14,17H2,1-5H3,(H,26,31). The summed E-state index contributed by atoms with van der Waals surface area (Å²) in [7, 11) is 0.300. The molecule has 0 saturated heterocycles. The first-order valence-electron chi connectivity index (χ1n) is 11.6. The van der Waals surface area contributed by atoms with E-state index >= 15 is 0 Å². The average molecular weight is 487 g/mol. The fourth-order valence-electron chi connectivity index (χ4n) is 3.88. The van der Waals surface area contributed by atoms with Gasteiger partial charge >= 0.3 is 0 Å². The van der Waals surface area contributed by atoms with E-state index in [9.17, 15) is 13.2 Å². The Balaban J connectivity index is 1.69. The van der Waals surface area contributed by atoms with Crippen molar-refractivity contribution in [2.24, 2.45) is 0 Å². The van der Waals surface area contributed by atoms with Gasteiger partial charge < -0.3 is 14.8 Å². The highest BCUT2D eigenvalue weighted by Crippen LogP contribution is 2.23. The Hall–Kier alpha value is -2.98. The average Bonchev–Trinajstić information content (AvgIpc) is 3.19. The van der Waals surface area contributed by atoms with Crippen molar-refractivity contribution in [1.82, 2.24) is 24.2 Å². The van der Waals surface area contributed by atoms with Crippen LogP contribution in [-0.4, -0.2) is 60.4 Å². The van der Waals surface area contributed by atoms with Crippen molar-refractivity contribution in [2.75, 3.05) is 32.1 Å². The fourth-order valence-corrected chi connectivity index (χ4v) is 5.35. The lowest BCUT2D eigenvalue weighted by Crippen LogP contribution is -2.30. The highest BCUT2D eigenvalue weighted by molar-refractivity contribution is 7.89. The van der Waals surface area contributed by atoms with Crippen molar-refractivity contribution in [3.8, 4) is 0 Å². The Morgan fingerprint density at radius 3 is 2.41 bits per heavy atom. The van der Waals surface area contributed by atoms with Crippen LogP contribution in [-0.2, 0) is 34.3 Å². The predicted molar refractivity (Wildman–Crippen MR) is 134 cm³/mol. The van der Waals surface area contributed by atoms with Crippen LogP contribution in [0.15, 0.2) is 41.4 Å². The van der Waals surface area contributed by atoms with Gasteiger partial charge in [0, 0.05) is 59.3 Å². The number of aromatic nitrogens is 3. The summed E-state index contributed by atoms with van der Waals surface area (Å²) in [5.41, 5.74) is 2.42. The summed E-state index contributed by atoms with van der Waals surface area (Å²) >= 11 is 0. The van der Waals surface area contributed by atoms with E-state index in [0.717, 1.165) is 22.7 Å². The smallest absolute Gasteiger partial charge is 0.243 e. The van der Waals surface area contributed by atoms with E-state index in [4.69, 9.17) is 0 Å². The highest BCUT2D eigenvalue weighted by Gasteiger charge is 2.23. The molecule has 10 heteroatoms. The first-order valence-corrected chi connectivity index (χ1v) is 13.0. The molecule has 184 valence electrons. The van der Waals surface area contributed by atoms with Crippen molar-refractivity contribution in [1.29, 1.82) is 0 Å². The number of fused-ring (bicyclic) bond motifs is 1. The van der Waals surface area contributed by atoms with Gasteiger partial charge in [0.05, 0.1) is 15.9 Å². The number of hydrogen-bond acceptors (Lipinski definition) is 6. The normalized spacial score (nSPS) is 11.8. The van der Waals surface area contributed by atoms with Gasteiger partial charge in [0.15, 0.2) is 0 Å². The molecule has 1 amide bonds. The third-order valence-corrected chi connectivity index (χ3v) is 7.84. The summed E-state index contributed by atoms with van der Waals surface area (Å²) in [6.45, 7) is 7.58. The molecule has 0 saturated carbocycles. The van der Waals surface area contributed by atoms with Gasteiger partial charge in [0.1, 0.15) is 11.6 Å². The highest BCUT2D eigenvalue weighted by atomic mass is 32.2. The van der Waals surface area contributed by atoms with Gasteiger partial charge in [-0.15, -0.1) is 0 Å². The summed E-state index contributed by atoms with van der Waals surface area (Å²) in [6, 6.07) is 8.93. The monoisotopic (exact) mass is 486 g/mol. The van der Waals surface area contributed by atoms with Crippen LogP contribution in [0.5, 0.6) is 0 Å². The number of pyridine rings is 1. The van der Waals surface area contributed by atoms with E-state index in [1.165, 1.54) is 4.31 Å². The number of nitrogens with zero attached hydrogens (tertiary/aromatic N) is 5. The summed E-state index contributed by atoms with van der Waals surface area (Å²) < 4.78 is 29.2. The van der Waals surface area contributed by atoms with Crippen LogP contribution in [0.1, 0.15) is 38.6 Å². The van der Waals surface area contributed by atoms with Gasteiger partial charge in [-0.3, -0.25) is 4.79 Å². The van der Waals surface area contributed by atoms with Gasteiger partial charge in [0.25, 0.3) is 0 Å². The summed E-state index contributed by atoms with van der Waals surface area (Å²) in [5.74, 6) is 1.56. The van der Waals surface area contributed by atoms with E-state index in [1.54, 1.807) is 24.4 Å². The molecule has 0 aliphatic rings. The molecule has 0 spiro atoms. The first-order chi connectivity index (χ1) is 16.2. The number of rotatable bonds is 11. The molecule has 0 unspecified atom stereocenters. The molecule has 0 fully saturated rings. The van der Waals surface area contributed by atoms with Gasteiger partial charge in [-0.05, 0) is 36.8 Å². The number of amides is 1. The van der Waals surface area contributed by atoms with E-state index in [-0.39, 0.29) is 17.2 Å². The summed E-state index contributed by atoms with van der Waals surface area (Å²) in [5, 5.41) is 2.93. The Morgan fingerprint density at radius 1 is 1.09 bits per heavy atom. The predicted octanol–water partition coefficient (Wildman–Crippen LogP) is 2.80. The zero-order valence-corrected chi connectivity index (χ0v) is 21.4. The van der Waals surface area contributed by atoms with E-state index in [2.05, 4.69) is 15.3 Å². The van der Waals surface area contributed by atoms with Crippen LogP contribution in [0.25, 0.3) is 11.0 Å². The fraction of sp³-hybridized carbons (Fsp3) is 0.458. The second-order valence-electron chi connectivity index (χ2n) is 8.21. The SMILES string of the molecule is CCN(CC)S(=O)(=O)c1ccc2c(c1)nc(CCC(=O)NCc1ccc(N(C)C)nc1)n2CC. The molecule has 0 aliphatic carbocycles. The lowest BCUT2D eigenvalue weighted by molar-refractivity contribution is -0.121. The Bertz CT molecular complexity index is 1230. The molecule has 0 aliphatic heterocycles. The van der Waals surface area contributed by atoms with Crippen LogP contribution >= 0.6 is 0 Å². The van der Waals surface area contributed by atoms with E-state index in [1.807, 2.05) is 56.5 Å². The molecule has 1 N–H and O–H groups in total. The molecule has 0 atom stereocenters. The largest absolute Gasteiger partial charge is 0.363 e. The molecule has 9 nitrogen and oxygen atoms in total. The number of carbonyl (C=O) groups is 1. The number of benzene rings is 1. The molecule has 0 radical (unpaired) electrons. The van der Waals surface area contributed by atoms with Crippen LogP contribution in [0.4, 0.5) is 5.82 Å². The Labute approximate surface area is 201 Å². The van der Waals surface area contributed by atoms with Gasteiger partial charge in [-0.25, -0.2) is 18.4 Å². The van der Waals surface area contributed by atoms with Gasteiger partial charge in [0.2, 0.25) is 15.9 Å². The maximum atomic E-state index is 12.9. The molecular formula is C24H34N6O3S. The lowest BCUT2D eigenvalue weighted by Gasteiger charge is -2.18. The van der Waals surface area contributed by atoms with Crippen molar-refractivity contribution >= 4 is 32.8 Å². The quantitative estimate of drug-likeness (QED) is 0.447. The number of nitrogens with one attached hydrogen (secondary N) is 1. The zero-order chi connectivity index (χ0) is 24.9. The molecule has 1 aromatic carbocycles. The second kappa shape index (κ2) is 11.0. The zero-order valence-electron chi connectivity index (χ0n) is 20.6. The maximum absolute atomic E-state index is 12.9. The van der Waals surface area contributed by atoms with Crippen molar-refractivity contribution in [3.63, 3.8) is 0 Å². The molecule has 3 rings (SSSR count). The number of aryl methyl sites for hydroxylation is 2. The van der Waals surface area contributed by atoms with Crippen LogP contribution in [0, 0.1) is 0 Å². The molecule has 0 bridgehead atoms. The molecule has 34 heavy (non-hydrogen) atoms. The summed E-state index contributed by atoms with van der Waals surface area (Å²) in [4.78, 5) is 23.6. The third kappa shape index (κ3) is 5.56. The Morgan fingerprint density at radius 2 is 1.82 bits per heavy atom. The first kappa shape index (κ1) is 25.6. The number of sulfonamides is 1. The van der Waals surface area contributed by atoms with Crippen LogP contribution in [0.2, 0.25) is 0 Å². The minimum Gasteiger partial charge on any atom is -0.363 e. The van der Waals surface area contributed by atoms with Gasteiger partial charge in [-0.2, -0.15) is 4.31 Å². The minimum atomic E-state index is -3.56. The summed E-state index contributed by atoms with van der Waals surface area (Å²) in [6.07, 6.45) is 2.51. The van der Waals surface area contributed by atoms with Gasteiger partial charge in [-0.1, -0.05) is 19.9 Å².